The second-order valence-corrected chi connectivity index (χ2v) is 6.31. The SMILES string of the molecule is CC(C)N(CCCC1(O)CCCCC1)C(C)C.Cl. The summed E-state index contributed by atoms with van der Waals surface area (Å²) in [7, 11) is 0. The number of aliphatic hydroxyl groups is 1. The minimum absolute atomic E-state index is 0. The van der Waals surface area contributed by atoms with Crippen molar-refractivity contribution in [2.24, 2.45) is 0 Å². The molecule has 0 atom stereocenters. The van der Waals surface area contributed by atoms with Crippen LogP contribution in [0.3, 0.4) is 0 Å². The van der Waals surface area contributed by atoms with Gasteiger partial charge in [-0.1, -0.05) is 19.3 Å². The monoisotopic (exact) mass is 277 g/mol. The van der Waals surface area contributed by atoms with E-state index in [-0.39, 0.29) is 18.0 Å². The van der Waals surface area contributed by atoms with Crippen LogP contribution in [-0.2, 0) is 0 Å². The third-order valence-corrected chi connectivity index (χ3v) is 4.17. The van der Waals surface area contributed by atoms with E-state index in [1.807, 2.05) is 0 Å². The fraction of sp³-hybridized carbons (Fsp3) is 1.00. The van der Waals surface area contributed by atoms with Gasteiger partial charge in [-0.15, -0.1) is 12.4 Å². The Bertz CT molecular complexity index is 205. The summed E-state index contributed by atoms with van der Waals surface area (Å²) in [4.78, 5) is 2.52. The highest BCUT2D eigenvalue weighted by molar-refractivity contribution is 5.85. The fourth-order valence-corrected chi connectivity index (χ4v) is 3.16. The number of hydrogen-bond acceptors (Lipinski definition) is 2. The lowest BCUT2D eigenvalue weighted by atomic mass is 9.81. The van der Waals surface area contributed by atoms with Gasteiger partial charge in [-0.25, -0.2) is 0 Å². The number of hydrogen-bond donors (Lipinski definition) is 1. The van der Waals surface area contributed by atoms with Crippen LogP contribution in [0.5, 0.6) is 0 Å². The summed E-state index contributed by atoms with van der Waals surface area (Å²) in [6, 6.07) is 1.21. The molecule has 0 heterocycles. The van der Waals surface area contributed by atoms with Crippen molar-refractivity contribution in [3.8, 4) is 0 Å². The summed E-state index contributed by atoms with van der Waals surface area (Å²) >= 11 is 0. The van der Waals surface area contributed by atoms with E-state index in [9.17, 15) is 5.11 Å². The van der Waals surface area contributed by atoms with Gasteiger partial charge in [0.05, 0.1) is 5.60 Å². The fourth-order valence-electron chi connectivity index (χ4n) is 3.16. The Morgan fingerprint density at radius 3 is 1.94 bits per heavy atom. The largest absolute Gasteiger partial charge is 0.390 e. The van der Waals surface area contributed by atoms with Crippen molar-refractivity contribution in [3.05, 3.63) is 0 Å². The van der Waals surface area contributed by atoms with Crippen molar-refractivity contribution in [1.29, 1.82) is 0 Å². The van der Waals surface area contributed by atoms with Gasteiger partial charge >= 0.3 is 0 Å². The Morgan fingerprint density at radius 2 is 1.50 bits per heavy atom. The molecule has 0 radical (unpaired) electrons. The Kier molecular flexibility index (Phi) is 8.49. The summed E-state index contributed by atoms with van der Waals surface area (Å²) in [6.45, 7) is 10.2. The summed E-state index contributed by atoms with van der Waals surface area (Å²) in [5.41, 5.74) is -0.335. The van der Waals surface area contributed by atoms with Gasteiger partial charge in [0.15, 0.2) is 0 Å². The van der Waals surface area contributed by atoms with Gasteiger partial charge in [0, 0.05) is 12.1 Å². The van der Waals surface area contributed by atoms with Gasteiger partial charge in [-0.2, -0.15) is 0 Å². The average molecular weight is 278 g/mol. The summed E-state index contributed by atoms with van der Waals surface area (Å²) < 4.78 is 0. The Morgan fingerprint density at radius 1 is 1.00 bits per heavy atom. The Hall–Kier alpha value is 0.210. The van der Waals surface area contributed by atoms with E-state index in [2.05, 4.69) is 32.6 Å². The molecule has 0 spiro atoms. The predicted molar refractivity (Wildman–Crippen MR) is 81.5 cm³/mol. The Labute approximate surface area is 120 Å². The molecule has 0 aromatic carbocycles. The van der Waals surface area contributed by atoms with Crippen molar-refractivity contribution in [1.82, 2.24) is 4.90 Å². The highest BCUT2D eigenvalue weighted by Gasteiger charge is 2.28. The van der Waals surface area contributed by atoms with E-state index in [0.717, 1.165) is 32.2 Å². The van der Waals surface area contributed by atoms with Gasteiger partial charge in [-0.3, -0.25) is 4.90 Å². The molecule has 1 aliphatic carbocycles. The standard InChI is InChI=1S/C15H31NO.ClH/c1-13(2)16(14(3)4)12-8-11-15(17)9-6-5-7-10-15;/h13-14,17H,5-12H2,1-4H3;1H. The second kappa shape index (κ2) is 8.39. The summed E-state index contributed by atoms with van der Waals surface area (Å²) in [5.74, 6) is 0. The van der Waals surface area contributed by atoms with Gasteiger partial charge in [0.2, 0.25) is 0 Å². The Balaban J connectivity index is 0.00000289. The molecule has 18 heavy (non-hydrogen) atoms. The lowest BCUT2D eigenvalue weighted by molar-refractivity contribution is -0.00877. The third-order valence-electron chi connectivity index (χ3n) is 4.17. The third kappa shape index (κ3) is 5.90. The van der Waals surface area contributed by atoms with Crippen LogP contribution in [0.1, 0.15) is 72.6 Å². The van der Waals surface area contributed by atoms with Crippen LogP contribution in [0, 0.1) is 0 Å². The zero-order chi connectivity index (χ0) is 12.9. The molecule has 0 amide bonds. The molecule has 1 N–H and O–H groups in total. The van der Waals surface area contributed by atoms with Gasteiger partial charge in [0.25, 0.3) is 0 Å². The molecule has 0 aromatic rings. The smallest absolute Gasteiger partial charge is 0.0648 e. The highest BCUT2D eigenvalue weighted by atomic mass is 35.5. The average Bonchev–Trinajstić information content (AvgIpc) is 2.24. The van der Waals surface area contributed by atoms with E-state index in [1.165, 1.54) is 19.3 Å². The topological polar surface area (TPSA) is 23.5 Å². The summed E-state index contributed by atoms with van der Waals surface area (Å²) in [5, 5.41) is 10.4. The molecule has 1 aliphatic rings. The van der Waals surface area contributed by atoms with Crippen molar-refractivity contribution >= 4 is 12.4 Å². The molecule has 0 bridgehead atoms. The molecule has 0 aromatic heterocycles. The second-order valence-electron chi connectivity index (χ2n) is 6.31. The van der Waals surface area contributed by atoms with Crippen molar-refractivity contribution in [2.45, 2.75) is 90.3 Å². The minimum atomic E-state index is -0.335. The molecule has 0 unspecified atom stereocenters. The number of rotatable bonds is 6. The van der Waals surface area contributed by atoms with E-state index < -0.39 is 0 Å². The molecule has 2 nitrogen and oxygen atoms in total. The van der Waals surface area contributed by atoms with E-state index in [1.54, 1.807) is 0 Å². The first-order chi connectivity index (χ1) is 7.94. The normalized spacial score (nSPS) is 19.3. The van der Waals surface area contributed by atoms with E-state index in [4.69, 9.17) is 0 Å². The first kappa shape index (κ1) is 18.2. The zero-order valence-electron chi connectivity index (χ0n) is 12.6. The van der Waals surface area contributed by atoms with Crippen LogP contribution in [0.2, 0.25) is 0 Å². The lowest BCUT2D eigenvalue weighted by Gasteiger charge is -2.35. The maximum atomic E-state index is 10.4. The molecular weight excluding hydrogens is 246 g/mol. The minimum Gasteiger partial charge on any atom is -0.390 e. The maximum Gasteiger partial charge on any atom is 0.0648 e. The van der Waals surface area contributed by atoms with Crippen molar-refractivity contribution < 1.29 is 5.11 Å². The molecule has 110 valence electrons. The van der Waals surface area contributed by atoms with E-state index in [0.29, 0.717) is 12.1 Å². The van der Waals surface area contributed by atoms with Crippen LogP contribution in [-0.4, -0.2) is 34.2 Å². The van der Waals surface area contributed by atoms with Gasteiger partial charge in [-0.05, 0) is 59.9 Å². The molecule has 1 saturated carbocycles. The lowest BCUT2D eigenvalue weighted by Crippen LogP contribution is -2.39. The first-order valence-corrected chi connectivity index (χ1v) is 7.43. The molecule has 0 saturated heterocycles. The van der Waals surface area contributed by atoms with Crippen LogP contribution < -0.4 is 0 Å². The van der Waals surface area contributed by atoms with Crippen molar-refractivity contribution in [3.63, 3.8) is 0 Å². The first-order valence-electron chi connectivity index (χ1n) is 7.43. The number of nitrogens with zero attached hydrogens (tertiary/aromatic N) is 1. The predicted octanol–water partition coefficient (Wildman–Crippen LogP) is 4.00. The van der Waals surface area contributed by atoms with E-state index >= 15 is 0 Å². The maximum absolute atomic E-state index is 10.4. The molecule has 1 rings (SSSR count). The summed E-state index contributed by atoms with van der Waals surface area (Å²) in [6.07, 6.45) is 7.91. The van der Waals surface area contributed by atoms with Gasteiger partial charge in [0.1, 0.15) is 0 Å². The molecule has 1 fully saturated rings. The molecular formula is C15H32ClNO. The zero-order valence-corrected chi connectivity index (χ0v) is 13.4. The number of halogens is 1. The highest BCUT2D eigenvalue weighted by Crippen LogP contribution is 2.31. The molecule has 3 heteroatoms. The molecule has 0 aliphatic heterocycles. The van der Waals surface area contributed by atoms with Crippen LogP contribution >= 0.6 is 12.4 Å². The van der Waals surface area contributed by atoms with Crippen molar-refractivity contribution in [2.75, 3.05) is 6.54 Å². The van der Waals surface area contributed by atoms with Crippen LogP contribution in [0.4, 0.5) is 0 Å². The van der Waals surface area contributed by atoms with Crippen LogP contribution in [0.25, 0.3) is 0 Å². The quantitative estimate of drug-likeness (QED) is 0.793. The van der Waals surface area contributed by atoms with Crippen LogP contribution in [0.15, 0.2) is 0 Å². The van der Waals surface area contributed by atoms with Gasteiger partial charge < -0.3 is 5.11 Å².